The predicted molar refractivity (Wildman–Crippen MR) is 87.1 cm³/mol. The number of nitrogens with one attached hydrogen (secondary N) is 1. The van der Waals surface area contributed by atoms with Gasteiger partial charge in [-0.05, 0) is 71.1 Å². The van der Waals surface area contributed by atoms with Crippen LogP contribution in [0.15, 0.2) is 34.8 Å². The van der Waals surface area contributed by atoms with Crippen LogP contribution in [-0.2, 0) is 11.2 Å². The van der Waals surface area contributed by atoms with Gasteiger partial charge in [-0.25, -0.2) is 4.39 Å². The van der Waals surface area contributed by atoms with Crippen molar-refractivity contribution in [2.45, 2.75) is 27.2 Å². The number of carbonyl (C=O) groups excluding carboxylic acids is 1. The SMILES string of the molecule is Cc1ccc(CC(=O)Nc2cc(F)c(Br)cc2C)cc1C. The fourth-order valence-corrected chi connectivity index (χ4v) is 2.53. The van der Waals surface area contributed by atoms with E-state index < -0.39 is 0 Å². The predicted octanol–water partition coefficient (Wildman–Crippen LogP) is 4.69. The average Bonchev–Trinajstić information content (AvgIpc) is 2.40. The van der Waals surface area contributed by atoms with Gasteiger partial charge in [0, 0.05) is 5.69 Å². The standard InChI is InChI=1S/C17H17BrFNO/c1-10-4-5-13(6-11(10)2)8-17(21)20-16-9-15(19)14(18)7-12(16)3/h4-7,9H,8H2,1-3H3,(H,20,21). The number of hydrogen-bond acceptors (Lipinski definition) is 1. The summed E-state index contributed by atoms with van der Waals surface area (Å²) in [4.78, 5) is 12.1. The molecule has 0 heterocycles. The Balaban J connectivity index is 2.11. The fraction of sp³-hybridized carbons (Fsp3) is 0.235. The van der Waals surface area contributed by atoms with Crippen molar-refractivity contribution in [2.75, 3.05) is 5.32 Å². The van der Waals surface area contributed by atoms with E-state index in [0.717, 1.165) is 16.7 Å². The molecule has 2 rings (SSSR count). The first-order chi connectivity index (χ1) is 9.86. The number of benzene rings is 2. The normalized spacial score (nSPS) is 10.5. The molecule has 110 valence electrons. The molecule has 0 atom stereocenters. The highest BCUT2D eigenvalue weighted by Crippen LogP contribution is 2.24. The van der Waals surface area contributed by atoms with Gasteiger partial charge in [0.1, 0.15) is 5.82 Å². The summed E-state index contributed by atoms with van der Waals surface area (Å²) in [7, 11) is 0. The maximum Gasteiger partial charge on any atom is 0.228 e. The zero-order chi connectivity index (χ0) is 15.6. The van der Waals surface area contributed by atoms with E-state index in [1.165, 1.54) is 11.6 Å². The van der Waals surface area contributed by atoms with E-state index in [1.807, 2.05) is 39.0 Å². The quantitative estimate of drug-likeness (QED) is 0.855. The van der Waals surface area contributed by atoms with Crippen molar-refractivity contribution >= 4 is 27.5 Å². The number of amides is 1. The minimum Gasteiger partial charge on any atom is -0.325 e. The van der Waals surface area contributed by atoms with E-state index in [0.29, 0.717) is 10.2 Å². The first kappa shape index (κ1) is 15.7. The van der Waals surface area contributed by atoms with Crippen LogP contribution in [0.25, 0.3) is 0 Å². The Kier molecular flexibility index (Phi) is 4.78. The molecule has 0 saturated carbocycles. The lowest BCUT2D eigenvalue weighted by atomic mass is 10.0. The van der Waals surface area contributed by atoms with Crippen molar-refractivity contribution < 1.29 is 9.18 Å². The first-order valence-corrected chi connectivity index (χ1v) is 7.47. The van der Waals surface area contributed by atoms with Crippen molar-refractivity contribution in [2.24, 2.45) is 0 Å². The largest absolute Gasteiger partial charge is 0.325 e. The number of rotatable bonds is 3. The Morgan fingerprint density at radius 2 is 1.81 bits per heavy atom. The van der Waals surface area contributed by atoms with Crippen molar-refractivity contribution in [3.05, 3.63) is 62.9 Å². The lowest BCUT2D eigenvalue weighted by Crippen LogP contribution is -2.15. The number of halogens is 2. The summed E-state index contributed by atoms with van der Waals surface area (Å²) in [6.07, 6.45) is 0.276. The van der Waals surface area contributed by atoms with Gasteiger partial charge in [0.2, 0.25) is 5.91 Å². The summed E-state index contributed by atoms with van der Waals surface area (Å²) in [6.45, 7) is 5.88. The van der Waals surface area contributed by atoms with Crippen LogP contribution in [0.4, 0.5) is 10.1 Å². The second-order valence-electron chi connectivity index (χ2n) is 5.22. The molecule has 0 aromatic heterocycles. The Hall–Kier alpha value is -1.68. The Morgan fingerprint density at radius 3 is 2.48 bits per heavy atom. The molecule has 0 fully saturated rings. The van der Waals surface area contributed by atoms with Crippen LogP contribution in [0, 0.1) is 26.6 Å². The van der Waals surface area contributed by atoms with Gasteiger partial charge >= 0.3 is 0 Å². The third-order valence-electron chi connectivity index (χ3n) is 3.48. The highest BCUT2D eigenvalue weighted by Gasteiger charge is 2.09. The average molecular weight is 350 g/mol. The van der Waals surface area contributed by atoms with E-state index in [4.69, 9.17) is 0 Å². The van der Waals surface area contributed by atoms with Crippen molar-refractivity contribution in [1.29, 1.82) is 0 Å². The van der Waals surface area contributed by atoms with Gasteiger partial charge in [0.15, 0.2) is 0 Å². The molecule has 2 aromatic carbocycles. The molecule has 1 amide bonds. The Morgan fingerprint density at radius 1 is 1.10 bits per heavy atom. The van der Waals surface area contributed by atoms with Gasteiger partial charge in [-0.15, -0.1) is 0 Å². The van der Waals surface area contributed by atoms with Crippen molar-refractivity contribution in [3.8, 4) is 0 Å². The molecule has 4 heteroatoms. The molecule has 2 aromatic rings. The summed E-state index contributed by atoms with van der Waals surface area (Å²) in [6, 6.07) is 8.93. The molecule has 1 N–H and O–H groups in total. The van der Waals surface area contributed by atoms with E-state index >= 15 is 0 Å². The molecule has 0 aliphatic rings. The van der Waals surface area contributed by atoms with E-state index in [2.05, 4.69) is 21.2 Å². The van der Waals surface area contributed by atoms with E-state index in [-0.39, 0.29) is 18.1 Å². The summed E-state index contributed by atoms with van der Waals surface area (Å²) in [5, 5.41) is 2.76. The zero-order valence-corrected chi connectivity index (χ0v) is 13.8. The summed E-state index contributed by atoms with van der Waals surface area (Å²) < 4.78 is 13.9. The monoisotopic (exact) mass is 349 g/mol. The molecule has 21 heavy (non-hydrogen) atoms. The minimum absolute atomic E-state index is 0.150. The molecule has 2 nitrogen and oxygen atoms in total. The highest BCUT2D eigenvalue weighted by molar-refractivity contribution is 9.10. The number of hydrogen-bond donors (Lipinski definition) is 1. The number of anilines is 1. The zero-order valence-electron chi connectivity index (χ0n) is 12.3. The van der Waals surface area contributed by atoms with Gasteiger partial charge in [-0.1, -0.05) is 18.2 Å². The summed E-state index contributed by atoms with van der Waals surface area (Å²) >= 11 is 3.13. The lowest BCUT2D eigenvalue weighted by molar-refractivity contribution is -0.115. The smallest absolute Gasteiger partial charge is 0.228 e. The highest BCUT2D eigenvalue weighted by atomic mass is 79.9. The summed E-state index contributed by atoms with van der Waals surface area (Å²) in [5.74, 6) is -0.537. The Bertz CT molecular complexity index is 697. The van der Waals surface area contributed by atoms with Crippen LogP contribution in [0.3, 0.4) is 0 Å². The van der Waals surface area contributed by atoms with Crippen molar-refractivity contribution in [1.82, 2.24) is 0 Å². The minimum atomic E-state index is -0.387. The van der Waals surface area contributed by atoms with Crippen LogP contribution >= 0.6 is 15.9 Å². The third kappa shape index (κ3) is 3.91. The van der Waals surface area contributed by atoms with Crippen LogP contribution in [0.2, 0.25) is 0 Å². The molecule has 0 saturated heterocycles. The number of carbonyl (C=O) groups is 1. The van der Waals surface area contributed by atoms with E-state index in [9.17, 15) is 9.18 Å². The molecule has 0 bridgehead atoms. The van der Waals surface area contributed by atoms with Gasteiger partial charge in [0.05, 0.1) is 10.9 Å². The maximum absolute atomic E-state index is 13.5. The molecular formula is C17H17BrFNO. The molecule has 0 radical (unpaired) electrons. The summed E-state index contributed by atoms with van der Waals surface area (Å²) in [5.41, 5.74) is 4.63. The van der Waals surface area contributed by atoms with Crippen LogP contribution < -0.4 is 5.32 Å². The van der Waals surface area contributed by atoms with Crippen LogP contribution in [0.5, 0.6) is 0 Å². The fourth-order valence-electron chi connectivity index (χ4n) is 2.07. The maximum atomic E-state index is 13.5. The first-order valence-electron chi connectivity index (χ1n) is 6.68. The number of aryl methyl sites for hydroxylation is 3. The van der Waals surface area contributed by atoms with Crippen LogP contribution in [0.1, 0.15) is 22.3 Å². The second kappa shape index (κ2) is 6.39. The van der Waals surface area contributed by atoms with Gasteiger partial charge in [-0.2, -0.15) is 0 Å². The molecular weight excluding hydrogens is 333 g/mol. The van der Waals surface area contributed by atoms with Gasteiger partial charge < -0.3 is 5.32 Å². The van der Waals surface area contributed by atoms with Crippen LogP contribution in [-0.4, -0.2) is 5.91 Å². The topological polar surface area (TPSA) is 29.1 Å². The lowest BCUT2D eigenvalue weighted by Gasteiger charge is -2.10. The molecule has 0 spiro atoms. The Labute approximate surface area is 132 Å². The third-order valence-corrected chi connectivity index (χ3v) is 4.09. The van der Waals surface area contributed by atoms with E-state index in [1.54, 1.807) is 6.07 Å². The van der Waals surface area contributed by atoms with Gasteiger partial charge in [0.25, 0.3) is 0 Å². The van der Waals surface area contributed by atoms with Gasteiger partial charge in [-0.3, -0.25) is 4.79 Å². The molecule has 0 aliphatic heterocycles. The van der Waals surface area contributed by atoms with Crippen molar-refractivity contribution in [3.63, 3.8) is 0 Å². The molecule has 0 unspecified atom stereocenters. The second-order valence-corrected chi connectivity index (χ2v) is 6.08. The molecule has 0 aliphatic carbocycles.